The van der Waals surface area contributed by atoms with Crippen LogP contribution >= 0.6 is 15.9 Å². The molecule has 3 rings (SSSR count). The molecule has 6 nitrogen and oxygen atoms in total. The van der Waals surface area contributed by atoms with Crippen LogP contribution in [0.1, 0.15) is 23.2 Å². The first-order valence-corrected chi connectivity index (χ1v) is 7.84. The van der Waals surface area contributed by atoms with E-state index in [0.717, 1.165) is 23.9 Å². The Balaban J connectivity index is 1.66. The van der Waals surface area contributed by atoms with Gasteiger partial charge in [0.25, 0.3) is 5.91 Å². The highest BCUT2D eigenvalue weighted by atomic mass is 79.9. The molecular weight excluding hydrogens is 348 g/mol. The first kappa shape index (κ1) is 14.9. The van der Waals surface area contributed by atoms with Crippen molar-refractivity contribution < 1.29 is 9.53 Å². The number of ether oxygens (including phenoxy) is 1. The van der Waals surface area contributed by atoms with Crippen LogP contribution in [0.25, 0.3) is 0 Å². The molecule has 1 amide bonds. The summed E-state index contributed by atoms with van der Waals surface area (Å²) >= 11 is 3.34. The van der Waals surface area contributed by atoms with E-state index in [9.17, 15) is 4.79 Å². The van der Waals surface area contributed by atoms with Crippen LogP contribution < -0.4 is 4.74 Å². The van der Waals surface area contributed by atoms with Gasteiger partial charge in [-0.05, 0) is 34.8 Å². The normalized spacial score (nSPS) is 18.0. The molecule has 1 unspecified atom stereocenters. The fourth-order valence-electron chi connectivity index (χ4n) is 2.45. The van der Waals surface area contributed by atoms with Crippen LogP contribution in [-0.4, -0.2) is 45.0 Å². The number of carbonyl (C=O) groups excluding carboxylic acids is 1. The van der Waals surface area contributed by atoms with Gasteiger partial charge in [0.05, 0.1) is 12.1 Å². The minimum Gasteiger partial charge on any atom is -0.472 e. The number of piperidine rings is 1. The third-order valence-electron chi connectivity index (χ3n) is 3.46. The Bertz CT molecular complexity index is 653. The van der Waals surface area contributed by atoms with E-state index in [1.54, 1.807) is 35.6 Å². The summed E-state index contributed by atoms with van der Waals surface area (Å²) in [5, 5.41) is 0. The van der Waals surface area contributed by atoms with E-state index in [1.165, 1.54) is 6.33 Å². The molecule has 0 spiro atoms. The maximum absolute atomic E-state index is 12.5. The van der Waals surface area contributed by atoms with Crippen molar-refractivity contribution in [3.8, 4) is 5.88 Å². The van der Waals surface area contributed by atoms with E-state index < -0.39 is 0 Å². The summed E-state index contributed by atoms with van der Waals surface area (Å²) in [6.07, 6.45) is 8.10. The van der Waals surface area contributed by atoms with Crippen molar-refractivity contribution in [1.29, 1.82) is 0 Å². The fourth-order valence-corrected chi connectivity index (χ4v) is 2.81. The third-order valence-corrected chi connectivity index (χ3v) is 3.89. The van der Waals surface area contributed by atoms with E-state index in [1.807, 2.05) is 0 Å². The number of rotatable bonds is 3. The summed E-state index contributed by atoms with van der Waals surface area (Å²) in [6.45, 7) is 1.28. The highest BCUT2D eigenvalue weighted by molar-refractivity contribution is 9.10. The Kier molecular flexibility index (Phi) is 4.62. The van der Waals surface area contributed by atoms with Crippen molar-refractivity contribution in [1.82, 2.24) is 19.9 Å². The summed E-state index contributed by atoms with van der Waals surface area (Å²) in [5.41, 5.74) is 0.581. The topological polar surface area (TPSA) is 68.2 Å². The van der Waals surface area contributed by atoms with Gasteiger partial charge < -0.3 is 9.64 Å². The van der Waals surface area contributed by atoms with Crippen molar-refractivity contribution >= 4 is 21.8 Å². The molecule has 0 aliphatic carbocycles. The van der Waals surface area contributed by atoms with Crippen LogP contribution in [0.15, 0.2) is 41.5 Å². The van der Waals surface area contributed by atoms with Gasteiger partial charge in [0.2, 0.25) is 5.88 Å². The number of pyridine rings is 1. The van der Waals surface area contributed by atoms with Crippen LogP contribution in [0, 0.1) is 0 Å². The summed E-state index contributed by atoms with van der Waals surface area (Å²) in [6, 6.07) is 3.50. The van der Waals surface area contributed by atoms with E-state index in [0.29, 0.717) is 18.0 Å². The summed E-state index contributed by atoms with van der Waals surface area (Å²) in [4.78, 5) is 26.3. The first-order valence-electron chi connectivity index (χ1n) is 7.05. The lowest BCUT2D eigenvalue weighted by molar-refractivity contribution is 0.0527. The molecule has 1 fully saturated rings. The third kappa shape index (κ3) is 3.59. The van der Waals surface area contributed by atoms with Gasteiger partial charge in [0, 0.05) is 35.7 Å². The van der Waals surface area contributed by atoms with Crippen LogP contribution in [0.2, 0.25) is 0 Å². The molecule has 0 bridgehead atoms. The van der Waals surface area contributed by atoms with E-state index in [2.05, 4.69) is 30.9 Å². The average Bonchev–Trinajstić information content (AvgIpc) is 2.55. The summed E-state index contributed by atoms with van der Waals surface area (Å²) < 4.78 is 6.62. The molecule has 0 N–H and O–H groups in total. The van der Waals surface area contributed by atoms with E-state index in [4.69, 9.17) is 4.74 Å². The smallest absolute Gasteiger partial charge is 0.255 e. The molecule has 0 radical (unpaired) electrons. The summed E-state index contributed by atoms with van der Waals surface area (Å²) in [5.74, 6) is 0.517. The number of amides is 1. The zero-order chi connectivity index (χ0) is 15.4. The number of hydrogen-bond acceptors (Lipinski definition) is 5. The van der Waals surface area contributed by atoms with Gasteiger partial charge in [-0.2, -0.15) is 0 Å². The molecule has 1 aliphatic heterocycles. The van der Waals surface area contributed by atoms with Gasteiger partial charge in [-0.1, -0.05) is 0 Å². The fraction of sp³-hybridized carbons (Fsp3) is 0.333. The van der Waals surface area contributed by atoms with E-state index >= 15 is 0 Å². The zero-order valence-electron chi connectivity index (χ0n) is 11.9. The maximum Gasteiger partial charge on any atom is 0.255 e. The van der Waals surface area contributed by atoms with Crippen molar-refractivity contribution in [2.24, 2.45) is 0 Å². The quantitative estimate of drug-likeness (QED) is 0.837. The molecule has 2 aromatic heterocycles. The minimum absolute atomic E-state index is 0.0233. The lowest BCUT2D eigenvalue weighted by Crippen LogP contribution is -2.44. The Hall–Kier alpha value is -2.02. The van der Waals surface area contributed by atoms with Gasteiger partial charge in [0.15, 0.2) is 0 Å². The van der Waals surface area contributed by atoms with Gasteiger partial charge in [-0.25, -0.2) is 9.97 Å². The molecule has 1 atom stereocenters. The largest absolute Gasteiger partial charge is 0.472 e. The van der Waals surface area contributed by atoms with Gasteiger partial charge in [-0.3, -0.25) is 9.78 Å². The van der Waals surface area contributed by atoms with Gasteiger partial charge in [0.1, 0.15) is 12.4 Å². The monoisotopic (exact) mass is 362 g/mol. The molecule has 114 valence electrons. The molecule has 7 heteroatoms. The maximum atomic E-state index is 12.5. The predicted octanol–water partition coefficient (Wildman–Crippen LogP) is 2.32. The number of halogens is 1. The predicted molar refractivity (Wildman–Crippen MR) is 83.5 cm³/mol. The SMILES string of the molecule is O=C(c1cncc(Br)c1)N1CCCC(Oc2ccncn2)C1. The molecular formula is C15H15BrN4O2. The van der Waals surface area contributed by atoms with E-state index in [-0.39, 0.29) is 12.0 Å². The Labute approximate surface area is 136 Å². The second kappa shape index (κ2) is 6.83. The number of hydrogen-bond donors (Lipinski definition) is 0. The molecule has 0 saturated carbocycles. The van der Waals surface area contributed by atoms with Crippen LogP contribution in [0.5, 0.6) is 5.88 Å². The van der Waals surface area contributed by atoms with Crippen molar-refractivity contribution in [2.45, 2.75) is 18.9 Å². The number of aromatic nitrogens is 3. The standard InChI is InChI=1S/C15H15BrN4O2/c16-12-6-11(7-18-8-12)15(21)20-5-1-2-13(9-20)22-14-3-4-17-10-19-14/h3-4,6-8,10,13H,1-2,5,9H2. The van der Waals surface area contributed by atoms with Crippen LogP contribution in [-0.2, 0) is 0 Å². The second-order valence-electron chi connectivity index (χ2n) is 5.07. The summed E-state index contributed by atoms with van der Waals surface area (Å²) in [7, 11) is 0. The van der Waals surface area contributed by atoms with Crippen molar-refractivity contribution in [3.05, 3.63) is 47.1 Å². The number of carbonyl (C=O) groups is 1. The molecule has 2 aromatic rings. The van der Waals surface area contributed by atoms with Crippen molar-refractivity contribution in [3.63, 3.8) is 0 Å². The highest BCUT2D eigenvalue weighted by Gasteiger charge is 2.26. The number of nitrogens with zero attached hydrogens (tertiary/aromatic N) is 4. The molecule has 0 aromatic carbocycles. The molecule has 1 aliphatic rings. The number of likely N-dealkylation sites (tertiary alicyclic amines) is 1. The Morgan fingerprint density at radius 3 is 3.05 bits per heavy atom. The highest BCUT2D eigenvalue weighted by Crippen LogP contribution is 2.19. The van der Waals surface area contributed by atoms with Crippen LogP contribution in [0.4, 0.5) is 0 Å². The van der Waals surface area contributed by atoms with Gasteiger partial charge >= 0.3 is 0 Å². The Morgan fingerprint density at radius 1 is 1.36 bits per heavy atom. The molecule has 3 heterocycles. The van der Waals surface area contributed by atoms with Crippen molar-refractivity contribution in [2.75, 3.05) is 13.1 Å². The zero-order valence-corrected chi connectivity index (χ0v) is 13.4. The minimum atomic E-state index is -0.0484. The van der Waals surface area contributed by atoms with Crippen LogP contribution in [0.3, 0.4) is 0 Å². The van der Waals surface area contributed by atoms with Gasteiger partial charge in [-0.15, -0.1) is 0 Å². The molecule has 1 saturated heterocycles. The lowest BCUT2D eigenvalue weighted by Gasteiger charge is -2.32. The Morgan fingerprint density at radius 2 is 2.27 bits per heavy atom. The average molecular weight is 363 g/mol. The molecule has 22 heavy (non-hydrogen) atoms. The first-order chi connectivity index (χ1) is 10.7. The second-order valence-corrected chi connectivity index (χ2v) is 5.99. The lowest BCUT2D eigenvalue weighted by atomic mass is 10.1.